The molecule has 0 saturated carbocycles. The molecule has 0 aromatic rings. The van der Waals surface area contributed by atoms with E-state index < -0.39 is 0 Å². The highest BCUT2D eigenvalue weighted by Crippen LogP contribution is 2.16. The van der Waals surface area contributed by atoms with Gasteiger partial charge in [-0.1, -0.05) is 20.8 Å². The summed E-state index contributed by atoms with van der Waals surface area (Å²) < 4.78 is 5.12. The van der Waals surface area contributed by atoms with Crippen molar-refractivity contribution >= 4 is 5.97 Å². The lowest BCUT2D eigenvalue weighted by molar-refractivity contribution is -0.146. The standard InChI is InChI=1S/C14H30N2O2/c1-8-14(5,6)16(7)10-12(15-11(3)4)13(17)18-9-2/h11-12,15H,8-10H2,1-7H3. The third-order valence-electron chi connectivity index (χ3n) is 3.46. The summed E-state index contributed by atoms with van der Waals surface area (Å²) in [4.78, 5) is 14.1. The van der Waals surface area contributed by atoms with Gasteiger partial charge in [-0.2, -0.15) is 0 Å². The van der Waals surface area contributed by atoms with E-state index in [-0.39, 0.29) is 23.6 Å². The number of ether oxygens (including phenoxy) is 1. The third kappa shape index (κ3) is 5.83. The highest BCUT2D eigenvalue weighted by atomic mass is 16.5. The first kappa shape index (κ1) is 17.4. The van der Waals surface area contributed by atoms with Crippen LogP contribution < -0.4 is 5.32 Å². The zero-order valence-electron chi connectivity index (χ0n) is 13.0. The molecule has 0 aromatic heterocycles. The highest BCUT2D eigenvalue weighted by Gasteiger charge is 2.28. The summed E-state index contributed by atoms with van der Waals surface area (Å²) in [6.45, 7) is 13.5. The van der Waals surface area contributed by atoms with Crippen LogP contribution in [0.4, 0.5) is 0 Å². The minimum Gasteiger partial charge on any atom is -0.465 e. The number of carbonyl (C=O) groups excluding carboxylic acids is 1. The number of esters is 1. The van der Waals surface area contributed by atoms with Crippen LogP contribution in [-0.4, -0.2) is 48.7 Å². The van der Waals surface area contributed by atoms with E-state index >= 15 is 0 Å². The third-order valence-corrected chi connectivity index (χ3v) is 3.46. The molecule has 0 bridgehead atoms. The number of hydrogen-bond donors (Lipinski definition) is 1. The number of likely N-dealkylation sites (N-methyl/N-ethyl adjacent to an activating group) is 1. The lowest BCUT2D eigenvalue weighted by Gasteiger charge is -2.37. The van der Waals surface area contributed by atoms with Gasteiger partial charge >= 0.3 is 5.97 Å². The van der Waals surface area contributed by atoms with Crippen molar-refractivity contribution in [3.8, 4) is 0 Å². The van der Waals surface area contributed by atoms with Gasteiger partial charge in [0.1, 0.15) is 6.04 Å². The zero-order chi connectivity index (χ0) is 14.3. The molecule has 0 saturated heterocycles. The maximum atomic E-state index is 11.9. The molecule has 0 heterocycles. The molecule has 4 heteroatoms. The molecule has 0 aliphatic rings. The molecule has 0 fully saturated rings. The van der Waals surface area contributed by atoms with E-state index in [0.29, 0.717) is 13.2 Å². The van der Waals surface area contributed by atoms with Crippen LogP contribution in [0, 0.1) is 0 Å². The molecule has 1 atom stereocenters. The molecule has 108 valence electrons. The fraction of sp³-hybridized carbons (Fsp3) is 0.929. The molecule has 1 unspecified atom stereocenters. The Kier molecular flexibility index (Phi) is 7.48. The Labute approximate surface area is 112 Å². The molecule has 0 radical (unpaired) electrons. The second-order valence-electron chi connectivity index (χ2n) is 5.67. The summed E-state index contributed by atoms with van der Waals surface area (Å²) in [5.41, 5.74) is 0.0867. The molecule has 0 rings (SSSR count). The van der Waals surface area contributed by atoms with Gasteiger partial charge in [0.2, 0.25) is 0 Å². The van der Waals surface area contributed by atoms with Crippen LogP contribution in [0.5, 0.6) is 0 Å². The predicted molar refractivity (Wildman–Crippen MR) is 75.7 cm³/mol. The van der Waals surface area contributed by atoms with Gasteiger partial charge in [-0.3, -0.25) is 9.69 Å². The summed E-state index contributed by atoms with van der Waals surface area (Å²) in [5, 5.41) is 3.28. The van der Waals surface area contributed by atoms with Crippen LogP contribution in [0.25, 0.3) is 0 Å². The summed E-state index contributed by atoms with van der Waals surface area (Å²) >= 11 is 0. The van der Waals surface area contributed by atoms with Gasteiger partial charge in [0, 0.05) is 18.1 Å². The van der Waals surface area contributed by atoms with Crippen molar-refractivity contribution in [2.45, 2.75) is 65.6 Å². The fourth-order valence-corrected chi connectivity index (χ4v) is 1.63. The monoisotopic (exact) mass is 258 g/mol. The van der Waals surface area contributed by atoms with Gasteiger partial charge in [0.15, 0.2) is 0 Å². The molecule has 1 N–H and O–H groups in total. The molecule has 0 aliphatic carbocycles. The topological polar surface area (TPSA) is 41.6 Å². The zero-order valence-corrected chi connectivity index (χ0v) is 13.0. The van der Waals surface area contributed by atoms with E-state index in [1.165, 1.54) is 0 Å². The Morgan fingerprint density at radius 2 is 1.89 bits per heavy atom. The first-order valence-electron chi connectivity index (χ1n) is 6.88. The average Bonchev–Trinajstić information content (AvgIpc) is 2.27. The summed E-state index contributed by atoms with van der Waals surface area (Å²) in [6.07, 6.45) is 1.04. The van der Waals surface area contributed by atoms with Crippen LogP contribution in [0.2, 0.25) is 0 Å². The Morgan fingerprint density at radius 1 is 1.33 bits per heavy atom. The minimum absolute atomic E-state index is 0.0867. The molecule has 0 aliphatic heterocycles. The smallest absolute Gasteiger partial charge is 0.324 e. The molecule has 0 amide bonds. The largest absolute Gasteiger partial charge is 0.465 e. The number of hydrogen-bond acceptors (Lipinski definition) is 4. The molecular formula is C14H30N2O2. The maximum Gasteiger partial charge on any atom is 0.324 e. The van der Waals surface area contributed by atoms with Crippen LogP contribution in [0.15, 0.2) is 0 Å². The fourth-order valence-electron chi connectivity index (χ4n) is 1.63. The van der Waals surface area contributed by atoms with Gasteiger partial charge in [-0.25, -0.2) is 0 Å². The maximum absolute atomic E-state index is 11.9. The van der Waals surface area contributed by atoms with Crippen molar-refractivity contribution in [1.82, 2.24) is 10.2 Å². The van der Waals surface area contributed by atoms with E-state index in [4.69, 9.17) is 4.74 Å². The second kappa shape index (κ2) is 7.74. The number of nitrogens with zero attached hydrogens (tertiary/aromatic N) is 1. The SMILES string of the molecule is CCOC(=O)C(CN(C)C(C)(C)CC)NC(C)C. The van der Waals surface area contributed by atoms with Gasteiger partial charge in [0.05, 0.1) is 6.61 Å². The molecule has 4 nitrogen and oxygen atoms in total. The Bertz CT molecular complexity index is 252. The van der Waals surface area contributed by atoms with Crippen molar-refractivity contribution in [3.63, 3.8) is 0 Å². The average molecular weight is 258 g/mol. The van der Waals surface area contributed by atoms with Crippen LogP contribution in [0.1, 0.15) is 48.0 Å². The van der Waals surface area contributed by atoms with E-state index in [2.05, 4.69) is 38.0 Å². The van der Waals surface area contributed by atoms with Crippen molar-refractivity contribution in [2.75, 3.05) is 20.2 Å². The Morgan fingerprint density at radius 3 is 2.28 bits per heavy atom. The second-order valence-corrected chi connectivity index (χ2v) is 5.67. The summed E-state index contributed by atoms with van der Waals surface area (Å²) in [5.74, 6) is -0.162. The summed E-state index contributed by atoms with van der Waals surface area (Å²) in [7, 11) is 2.05. The van der Waals surface area contributed by atoms with Crippen LogP contribution >= 0.6 is 0 Å². The van der Waals surface area contributed by atoms with Crippen LogP contribution in [0.3, 0.4) is 0 Å². The van der Waals surface area contributed by atoms with Crippen molar-refractivity contribution < 1.29 is 9.53 Å². The van der Waals surface area contributed by atoms with E-state index in [1.54, 1.807) is 0 Å². The van der Waals surface area contributed by atoms with E-state index in [1.807, 2.05) is 20.8 Å². The van der Waals surface area contributed by atoms with Crippen LogP contribution in [-0.2, 0) is 9.53 Å². The van der Waals surface area contributed by atoms with Crippen molar-refractivity contribution in [1.29, 1.82) is 0 Å². The molecule has 0 aromatic carbocycles. The quantitative estimate of drug-likeness (QED) is 0.677. The molecule has 0 spiro atoms. The number of carbonyl (C=O) groups is 1. The van der Waals surface area contributed by atoms with Gasteiger partial charge < -0.3 is 10.1 Å². The highest BCUT2D eigenvalue weighted by molar-refractivity contribution is 5.76. The summed E-state index contributed by atoms with van der Waals surface area (Å²) in [6, 6.07) is -0.00156. The first-order chi connectivity index (χ1) is 8.24. The normalized spacial score (nSPS) is 14.1. The van der Waals surface area contributed by atoms with Gasteiger partial charge in [-0.15, -0.1) is 0 Å². The lowest BCUT2D eigenvalue weighted by atomic mass is 9.99. The molecular weight excluding hydrogens is 228 g/mol. The predicted octanol–water partition coefficient (Wildman–Crippen LogP) is 2.04. The Hall–Kier alpha value is -0.610. The Balaban J connectivity index is 4.63. The number of rotatable bonds is 8. The van der Waals surface area contributed by atoms with Crippen molar-refractivity contribution in [3.05, 3.63) is 0 Å². The van der Waals surface area contributed by atoms with E-state index in [0.717, 1.165) is 6.42 Å². The minimum atomic E-state index is -0.263. The lowest BCUT2D eigenvalue weighted by Crippen LogP contribution is -2.53. The van der Waals surface area contributed by atoms with Crippen molar-refractivity contribution in [2.24, 2.45) is 0 Å². The van der Waals surface area contributed by atoms with Gasteiger partial charge in [0.25, 0.3) is 0 Å². The van der Waals surface area contributed by atoms with E-state index in [9.17, 15) is 4.79 Å². The van der Waals surface area contributed by atoms with Gasteiger partial charge in [-0.05, 0) is 34.2 Å². The molecule has 18 heavy (non-hydrogen) atoms. The first-order valence-corrected chi connectivity index (χ1v) is 6.88. The number of nitrogens with one attached hydrogen (secondary N) is 1.